The van der Waals surface area contributed by atoms with E-state index in [4.69, 9.17) is 0 Å². The molecule has 0 aromatic heterocycles. The van der Waals surface area contributed by atoms with Crippen molar-refractivity contribution in [1.29, 1.82) is 0 Å². The predicted octanol–water partition coefficient (Wildman–Crippen LogP) is 5.18. The fourth-order valence-electron chi connectivity index (χ4n) is 2.72. The van der Waals surface area contributed by atoms with Crippen molar-refractivity contribution in [2.45, 2.75) is 64.1 Å². The lowest BCUT2D eigenvalue weighted by atomic mass is 10.1. The average Bonchev–Trinajstić information content (AvgIpc) is 2.39. The molecule has 0 bridgehead atoms. The molecule has 0 radical (unpaired) electrons. The Hall–Kier alpha value is -0.813. The van der Waals surface area contributed by atoms with E-state index in [0.717, 1.165) is 18.5 Å². The van der Waals surface area contributed by atoms with Crippen LogP contribution in [0.15, 0.2) is 12.1 Å². The van der Waals surface area contributed by atoms with E-state index in [1.54, 1.807) is 0 Å². The molecule has 0 atom stereocenters. The van der Waals surface area contributed by atoms with Crippen molar-refractivity contribution >= 4 is 8.32 Å². The van der Waals surface area contributed by atoms with Crippen LogP contribution in [0.5, 0.6) is 0 Å². The molecular weight excluding hydrogens is 293 g/mol. The zero-order chi connectivity index (χ0) is 16.2. The van der Waals surface area contributed by atoms with Gasteiger partial charge in [-0.2, -0.15) is 0 Å². The lowest BCUT2D eigenvalue weighted by Gasteiger charge is -2.33. The third-order valence-electron chi connectivity index (χ3n) is 4.36. The number of unbranched alkanes of at least 4 members (excludes halogenated alkanes) is 1. The maximum absolute atomic E-state index is 13.5. The van der Waals surface area contributed by atoms with Gasteiger partial charge >= 0.3 is 0 Å². The summed E-state index contributed by atoms with van der Waals surface area (Å²) in [5.41, 5.74) is 0.753. The molecular formula is C16H25F3OSi. The molecule has 0 fully saturated rings. The first-order valence-electron chi connectivity index (χ1n) is 7.54. The zero-order valence-electron chi connectivity index (χ0n) is 13.2. The molecule has 120 valence electrons. The number of hydrogen-bond acceptors (Lipinski definition) is 1. The first-order valence-corrected chi connectivity index (χ1v) is 9.85. The number of hydrogen-bond donors (Lipinski definition) is 1. The van der Waals surface area contributed by atoms with Gasteiger partial charge < -0.3 is 4.80 Å². The van der Waals surface area contributed by atoms with Gasteiger partial charge in [-0.05, 0) is 41.6 Å². The van der Waals surface area contributed by atoms with Gasteiger partial charge in [-0.25, -0.2) is 13.2 Å². The monoisotopic (exact) mass is 318 g/mol. The molecule has 0 saturated carbocycles. The van der Waals surface area contributed by atoms with Crippen molar-refractivity contribution in [3.05, 3.63) is 35.1 Å². The molecule has 5 heteroatoms. The molecule has 0 aliphatic rings. The zero-order valence-corrected chi connectivity index (χ0v) is 14.2. The van der Waals surface area contributed by atoms with E-state index in [2.05, 4.69) is 0 Å². The molecule has 0 amide bonds. The van der Waals surface area contributed by atoms with Crippen molar-refractivity contribution in [2.75, 3.05) is 0 Å². The number of halogens is 3. The van der Waals surface area contributed by atoms with Crippen molar-refractivity contribution < 1.29 is 18.0 Å². The van der Waals surface area contributed by atoms with E-state index in [9.17, 15) is 18.0 Å². The topological polar surface area (TPSA) is 20.2 Å². The number of aryl methyl sites for hydroxylation is 1. The quantitative estimate of drug-likeness (QED) is 0.417. The van der Waals surface area contributed by atoms with E-state index in [0.29, 0.717) is 18.9 Å². The van der Waals surface area contributed by atoms with Gasteiger partial charge in [0.05, 0.1) is 0 Å². The van der Waals surface area contributed by atoms with Crippen LogP contribution in [0.2, 0.25) is 17.1 Å². The Bertz CT molecular complexity index is 467. The largest absolute Gasteiger partial charge is 0.431 e. The highest BCUT2D eigenvalue weighted by atomic mass is 28.4. The normalized spacial score (nSPS) is 12.5. The Balaban J connectivity index is 2.56. The van der Waals surface area contributed by atoms with Crippen LogP contribution >= 0.6 is 0 Å². The van der Waals surface area contributed by atoms with Crippen LogP contribution in [0.1, 0.15) is 46.1 Å². The van der Waals surface area contributed by atoms with Gasteiger partial charge in [-0.3, -0.25) is 0 Å². The molecule has 1 aromatic rings. The van der Waals surface area contributed by atoms with Gasteiger partial charge in [0, 0.05) is 6.07 Å². The number of rotatable bonds is 7. The third kappa shape index (κ3) is 4.58. The minimum atomic E-state index is -2.30. The summed E-state index contributed by atoms with van der Waals surface area (Å²) >= 11 is 0. The molecule has 1 aromatic carbocycles. The minimum Gasteiger partial charge on any atom is -0.431 e. The van der Waals surface area contributed by atoms with Gasteiger partial charge in [-0.1, -0.05) is 34.1 Å². The SMILES string of the molecule is CC(C)[Si](O)(CCCCc1cc(F)c(F)cc1F)C(C)C. The Morgan fingerprint density at radius 3 is 1.95 bits per heavy atom. The van der Waals surface area contributed by atoms with Crippen molar-refractivity contribution in [3.63, 3.8) is 0 Å². The average molecular weight is 318 g/mol. The fraction of sp³-hybridized carbons (Fsp3) is 0.625. The minimum absolute atomic E-state index is 0.202. The highest BCUT2D eigenvalue weighted by Gasteiger charge is 2.37. The first-order chi connectivity index (χ1) is 9.68. The van der Waals surface area contributed by atoms with E-state index >= 15 is 0 Å². The fourth-order valence-corrected chi connectivity index (χ4v) is 6.03. The standard InChI is InChI=1S/C16H25F3OSi/c1-11(2)21(20,12(3)4)8-6-5-7-13-9-15(18)16(19)10-14(13)17/h9-12,20H,5-8H2,1-4H3. The Morgan fingerprint density at radius 1 is 0.905 bits per heavy atom. The van der Waals surface area contributed by atoms with Gasteiger partial charge in [0.15, 0.2) is 20.0 Å². The van der Waals surface area contributed by atoms with Crippen LogP contribution in [0.25, 0.3) is 0 Å². The van der Waals surface area contributed by atoms with Gasteiger partial charge in [-0.15, -0.1) is 0 Å². The highest BCUT2D eigenvalue weighted by Crippen LogP contribution is 2.34. The Morgan fingerprint density at radius 2 is 1.43 bits per heavy atom. The molecule has 0 aliphatic heterocycles. The lowest BCUT2D eigenvalue weighted by molar-refractivity contribution is 0.481. The molecule has 0 unspecified atom stereocenters. The van der Waals surface area contributed by atoms with Crippen LogP contribution in [0.4, 0.5) is 13.2 Å². The lowest BCUT2D eigenvalue weighted by Crippen LogP contribution is -2.41. The summed E-state index contributed by atoms with van der Waals surface area (Å²) < 4.78 is 39.4. The van der Waals surface area contributed by atoms with Gasteiger partial charge in [0.2, 0.25) is 0 Å². The number of benzene rings is 1. The first kappa shape index (κ1) is 18.2. The summed E-state index contributed by atoms with van der Waals surface area (Å²) in [6.45, 7) is 8.17. The second-order valence-electron chi connectivity index (χ2n) is 6.37. The predicted molar refractivity (Wildman–Crippen MR) is 82.2 cm³/mol. The second kappa shape index (κ2) is 7.45. The smallest absolute Gasteiger partial charge is 0.193 e. The van der Waals surface area contributed by atoms with E-state index in [-0.39, 0.29) is 16.6 Å². The van der Waals surface area contributed by atoms with Crippen LogP contribution in [-0.2, 0) is 6.42 Å². The van der Waals surface area contributed by atoms with Crippen molar-refractivity contribution in [3.8, 4) is 0 Å². The Kier molecular flexibility index (Phi) is 6.47. The highest BCUT2D eigenvalue weighted by molar-refractivity contribution is 6.75. The second-order valence-corrected chi connectivity index (χ2v) is 11.2. The van der Waals surface area contributed by atoms with Crippen LogP contribution in [0.3, 0.4) is 0 Å². The molecule has 1 rings (SSSR count). The molecule has 1 nitrogen and oxygen atoms in total. The van der Waals surface area contributed by atoms with Crippen LogP contribution < -0.4 is 0 Å². The summed E-state index contributed by atoms with van der Waals surface area (Å²) in [7, 11) is -2.30. The molecule has 0 saturated heterocycles. The summed E-state index contributed by atoms with van der Waals surface area (Å²) in [5.74, 6) is -2.87. The maximum Gasteiger partial charge on any atom is 0.193 e. The van der Waals surface area contributed by atoms with Gasteiger partial charge in [0.1, 0.15) is 5.82 Å². The summed E-state index contributed by atoms with van der Waals surface area (Å²) in [6, 6.07) is 2.28. The molecule has 1 N–H and O–H groups in total. The maximum atomic E-state index is 13.5. The molecule has 21 heavy (non-hydrogen) atoms. The van der Waals surface area contributed by atoms with E-state index in [1.165, 1.54) is 0 Å². The molecule has 0 spiro atoms. The molecule has 0 heterocycles. The Labute approximate surface area is 126 Å². The summed E-state index contributed by atoms with van der Waals surface area (Å²) in [6.07, 6.45) is 1.80. The molecule has 0 aliphatic carbocycles. The van der Waals surface area contributed by atoms with E-state index in [1.807, 2.05) is 27.7 Å². The van der Waals surface area contributed by atoms with E-state index < -0.39 is 25.8 Å². The summed E-state index contributed by atoms with van der Waals surface area (Å²) in [5, 5.41) is 0. The third-order valence-corrected chi connectivity index (χ3v) is 9.52. The van der Waals surface area contributed by atoms with Crippen LogP contribution in [0, 0.1) is 17.5 Å². The van der Waals surface area contributed by atoms with Gasteiger partial charge in [0.25, 0.3) is 0 Å². The van der Waals surface area contributed by atoms with Crippen molar-refractivity contribution in [1.82, 2.24) is 0 Å². The van der Waals surface area contributed by atoms with Crippen molar-refractivity contribution in [2.24, 2.45) is 0 Å². The van der Waals surface area contributed by atoms with Crippen LogP contribution in [-0.4, -0.2) is 13.1 Å². The summed E-state index contributed by atoms with van der Waals surface area (Å²) in [4.78, 5) is 10.8.